The van der Waals surface area contributed by atoms with E-state index in [9.17, 15) is 4.39 Å². The highest BCUT2D eigenvalue weighted by molar-refractivity contribution is 5.26. The standard InChI is InChI=1S/C15H22FN/c1-11(2)12-5-7-13(8-6-12)15(16)14-4-3-9-17-10-14/h5-8,11,14-15,17H,3-4,9-10H2,1-2H3. The van der Waals surface area contributed by atoms with E-state index >= 15 is 0 Å². The lowest BCUT2D eigenvalue weighted by Gasteiger charge is -2.26. The molecule has 1 aliphatic heterocycles. The normalized spacial score (nSPS) is 22.7. The first-order valence-corrected chi connectivity index (χ1v) is 6.63. The van der Waals surface area contributed by atoms with Crippen LogP contribution >= 0.6 is 0 Å². The molecule has 1 fully saturated rings. The van der Waals surface area contributed by atoms with Gasteiger partial charge in [0.15, 0.2) is 0 Å². The SMILES string of the molecule is CC(C)c1ccc(C(F)C2CCCNC2)cc1. The highest BCUT2D eigenvalue weighted by atomic mass is 19.1. The zero-order valence-corrected chi connectivity index (χ0v) is 10.7. The molecule has 0 spiro atoms. The topological polar surface area (TPSA) is 12.0 Å². The van der Waals surface area contributed by atoms with Gasteiger partial charge in [0.2, 0.25) is 0 Å². The summed E-state index contributed by atoms with van der Waals surface area (Å²) in [4.78, 5) is 0. The molecule has 1 saturated heterocycles. The molecule has 94 valence electrons. The lowest BCUT2D eigenvalue weighted by atomic mass is 9.89. The molecule has 2 rings (SSSR count). The summed E-state index contributed by atoms with van der Waals surface area (Å²) in [6.07, 6.45) is 1.28. The van der Waals surface area contributed by atoms with Crippen molar-refractivity contribution in [3.63, 3.8) is 0 Å². The van der Waals surface area contributed by atoms with Crippen molar-refractivity contribution in [1.82, 2.24) is 5.32 Å². The van der Waals surface area contributed by atoms with Crippen LogP contribution < -0.4 is 5.32 Å². The van der Waals surface area contributed by atoms with Crippen LogP contribution in [-0.4, -0.2) is 13.1 Å². The van der Waals surface area contributed by atoms with Crippen molar-refractivity contribution in [3.8, 4) is 0 Å². The van der Waals surface area contributed by atoms with Gasteiger partial charge >= 0.3 is 0 Å². The summed E-state index contributed by atoms with van der Waals surface area (Å²) in [6.45, 7) is 6.17. The predicted molar refractivity (Wildman–Crippen MR) is 70.0 cm³/mol. The van der Waals surface area contributed by atoms with Gasteiger partial charge in [-0.15, -0.1) is 0 Å². The lowest BCUT2D eigenvalue weighted by Crippen LogP contribution is -2.32. The predicted octanol–water partition coefficient (Wildman–Crippen LogP) is 3.82. The van der Waals surface area contributed by atoms with Crippen molar-refractivity contribution in [3.05, 3.63) is 35.4 Å². The van der Waals surface area contributed by atoms with Crippen molar-refractivity contribution in [2.24, 2.45) is 5.92 Å². The molecule has 0 aliphatic carbocycles. The van der Waals surface area contributed by atoms with Crippen LogP contribution in [0.5, 0.6) is 0 Å². The van der Waals surface area contributed by atoms with Crippen molar-refractivity contribution < 1.29 is 4.39 Å². The zero-order chi connectivity index (χ0) is 12.3. The molecule has 2 heteroatoms. The van der Waals surface area contributed by atoms with E-state index < -0.39 is 6.17 Å². The minimum Gasteiger partial charge on any atom is -0.316 e. The molecule has 1 aromatic rings. The molecule has 1 heterocycles. The monoisotopic (exact) mass is 235 g/mol. The molecular weight excluding hydrogens is 213 g/mol. The fraction of sp³-hybridized carbons (Fsp3) is 0.600. The third kappa shape index (κ3) is 3.06. The van der Waals surface area contributed by atoms with Crippen LogP contribution in [0.1, 0.15) is 49.9 Å². The summed E-state index contributed by atoms with van der Waals surface area (Å²) in [5.41, 5.74) is 2.12. The third-order valence-corrected chi connectivity index (χ3v) is 3.67. The van der Waals surface area contributed by atoms with Crippen molar-refractivity contribution in [2.75, 3.05) is 13.1 Å². The molecule has 0 bridgehead atoms. The van der Waals surface area contributed by atoms with Crippen molar-refractivity contribution in [1.29, 1.82) is 0 Å². The maximum atomic E-state index is 14.3. The first-order chi connectivity index (χ1) is 8.18. The second kappa shape index (κ2) is 5.63. The van der Waals surface area contributed by atoms with Crippen LogP contribution in [-0.2, 0) is 0 Å². The van der Waals surface area contributed by atoms with E-state index in [0.717, 1.165) is 31.5 Å². The average Bonchev–Trinajstić information content (AvgIpc) is 2.39. The van der Waals surface area contributed by atoms with E-state index in [1.165, 1.54) is 5.56 Å². The van der Waals surface area contributed by atoms with Gasteiger partial charge in [-0.05, 0) is 36.4 Å². The molecule has 2 atom stereocenters. The molecule has 0 amide bonds. The summed E-state index contributed by atoms with van der Waals surface area (Å²) in [6, 6.07) is 8.02. The van der Waals surface area contributed by atoms with Gasteiger partial charge in [-0.3, -0.25) is 0 Å². The van der Waals surface area contributed by atoms with Gasteiger partial charge in [0.05, 0.1) is 0 Å². The number of halogens is 1. The largest absolute Gasteiger partial charge is 0.316 e. The second-order valence-corrected chi connectivity index (χ2v) is 5.33. The van der Waals surface area contributed by atoms with Crippen LogP contribution in [0, 0.1) is 5.92 Å². The summed E-state index contributed by atoms with van der Waals surface area (Å²) in [5.74, 6) is 0.659. The Bertz CT molecular complexity index is 338. The number of piperidine rings is 1. The van der Waals surface area contributed by atoms with E-state index in [1.807, 2.05) is 12.1 Å². The van der Waals surface area contributed by atoms with E-state index in [1.54, 1.807) is 0 Å². The maximum Gasteiger partial charge on any atom is 0.129 e. The van der Waals surface area contributed by atoms with Gasteiger partial charge < -0.3 is 5.32 Å². The summed E-state index contributed by atoms with van der Waals surface area (Å²) in [7, 11) is 0. The summed E-state index contributed by atoms with van der Waals surface area (Å²) in [5, 5.41) is 3.28. The van der Waals surface area contributed by atoms with Crippen LogP contribution in [0.25, 0.3) is 0 Å². The van der Waals surface area contributed by atoms with Gasteiger partial charge in [-0.2, -0.15) is 0 Å². The van der Waals surface area contributed by atoms with Crippen LogP contribution in [0.4, 0.5) is 4.39 Å². The van der Waals surface area contributed by atoms with Crippen molar-refractivity contribution >= 4 is 0 Å². The van der Waals surface area contributed by atoms with Gasteiger partial charge in [0, 0.05) is 12.5 Å². The molecule has 0 saturated carbocycles. The molecule has 0 radical (unpaired) electrons. The van der Waals surface area contributed by atoms with Gasteiger partial charge in [-0.25, -0.2) is 4.39 Å². The minimum atomic E-state index is -0.816. The quantitative estimate of drug-likeness (QED) is 0.839. The first kappa shape index (κ1) is 12.6. The number of hydrogen-bond acceptors (Lipinski definition) is 1. The molecule has 1 aliphatic rings. The molecule has 1 N–H and O–H groups in total. The fourth-order valence-electron chi connectivity index (χ4n) is 2.47. The first-order valence-electron chi connectivity index (χ1n) is 6.63. The van der Waals surface area contributed by atoms with Gasteiger partial charge in [0.1, 0.15) is 6.17 Å². The zero-order valence-electron chi connectivity index (χ0n) is 10.7. The molecule has 17 heavy (non-hydrogen) atoms. The number of benzene rings is 1. The average molecular weight is 235 g/mol. The minimum absolute atomic E-state index is 0.147. The Morgan fingerprint density at radius 2 is 1.82 bits per heavy atom. The number of hydrogen-bond donors (Lipinski definition) is 1. The molecule has 2 unspecified atom stereocenters. The molecule has 1 nitrogen and oxygen atoms in total. The second-order valence-electron chi connectivity index (χ2n) is 5.33. The highest BCUT2D eigenvalue weighted by Crippen LogP contribution is 2.31. The fourth-order valence-corrected chi connectivity index (χ4v) is 2.47. The van der Waals surface area contributed by atoms with Gasteiger partial charge in [0.25, 0.3) is 0 Å². The summed E-state index contributed by atoms with van der Waals surface area (Å²) < 4.78 is 14.3. The Labute approximate surface area is 103 Å². The highest BCUT2D eigenvalue weighted by Gasteiger charge is 2.24. The molecule has 0 aromatic heterocycles. The van der Waals surface area contributed by atoms with Crippen LogP contribution in [0.2, 0.25) is 0 Å². The molecule has 1 aromatic carbocycles. The van der Waals surface area contributed by atoms with E-state index in [0.29, 0.717) is 5.92 Å². The number of nitrogens with one attached hydrogen (secondary N) is 1. The lowest BCUT2D eigenvalue weighted by molar-refractivity contribution is 0.194. The Balaban J connectivity index is 2.05. The number of rotatable bonds is 3. The van der Waals surface area contributed by atoms with Crippen molar-refractivity contribution in [2.45, 2.75) is 38.8 Å². The van der Waals surface area contributed by atoms with E-state index in [4.69, 9.17) is 0 Å². The van der Waals surface area contributed by atoms with Crippen LogP contribution in [0.3, 0.4) is 0 Å². The van der Waals surface area contributed by atoms with Gasteiger partial charge in [-0.1, -0.05) is 38.1 Å². The summed E-state index contributed by atoms with van der Waals surface area (Å²) >= 11 is 0. The maximum absolute atomic E-state index is 14.3. The Hall–Kier alpha value is -0.890. The Morgan fingerprint density at radius 1 is 1.18 bits per heavy atom. The van der Waals surface area contributed by atoms with E-state index in [-0.39, 0.29) is 5.92 Å². The Kier molecular flexibility index (Phi) is 4.16. The molecular formula is C15H22FN. The van der Waals surface area contributed by atoms with E-state index in [2.05, 4.69) is 31.3 Å². The number of alkyl halides is 1. The smallest absolute Gasteiger partial charge is 0.129 e. The Morgan fingerprint density at radius 3 is 2.35 bits per heavy atom. The third-order valence-electron chi connectivity index (χ3n) is 3.67. The van der Waals surface area contributed by atoms with Crippen LogP contribution in [0.15, 0.2) is 24.3 Å².